The molecular weight excluding hydrogens is 425 g/mol. The van der Waals surface area contributed by atoms with Crippen LogP contribution in [0.1, 0.15) is 19.4 Å². The van der Waals surface area contributed by atoms with E-state index >= 15 is 0 Å². The Morgan fingerprint density at radius 3 is 2.07 bits per heavy atom. The average Bonchev–Trinajstić information content (AvgIpc) is 2.65. The maximum Gasteiger partial charge on any atom is 0.416 e. The molecule has 162 valence electrons. The maximum atomic E-state index is 13.1. The molecule has 2 rings (SSSR count). The van der Waals surface area contributed by atoms with Gasteiger partial charge in [-0.3, -0.25) is 13.9 Å². The van der Waals surface area contributed by atoms with Crippen LogP contribution >= 0.6 is 0 Å². The van der Waals surface area contributed by atoms with Gasteiger partial charge in [0.15, 0.2) is 0 Å². The molecule has 0 bridgehead atoms. The summed E-state index contributed by atoms with van der Waals surface area (Å²) in [4.78, 5) is 22.8. The molecule has 0 fully saturated rings. The Hall–Kier alpha value is -3.08. The number of ether oxygens (including phenoxy) is 1. The molecule has 0 saturated carbocycles. The first-order valence-electron chi connectivity index (χ1n) is 8.68. The van der Waals surface area contributed by atoms with Crippen molar-refractivity contribution in [3.63, 3.8) is 0 Å². The summed E-state index contributed by atoms with van der Waals surface area (Å²) in [6, 6.07) is 8.50. The third-order valence-corrected chi connectivity index (χ3v) is 5.61. The van der Waals surface area contributed by atoms with Gasteiger partial charge >= 0.3 is 12.1 Å². The highest BCUT2D eigenvalue weighted by molar-refractivity contribution is 7.92. The number of benzene rings is 2. The predicted molar refractivity (Wildman–Crippen MR) is 103 cm³/mol. The van der Waals surface area contributed by atoms with Crippen molar-refractivity contribution < 1.29 is 35.9 Å². The Labute approximate surface area is 171 Å². The molecule has 30 heavy (non-hydrogen) atoms. The smallest absolute Gasteiger partial charge is 0.416 e. The minimum atomic E-state index is -4.59. The standard InChI is InChI=1S/C19H19F3N2O5S/c1-3-29-18(26)12-24(16-8-4-14(5-9-16)19(20,21)22)30(27,28)17-10-6-15(7-11-17)23-13(2)25/h4-11H,3,12H2,1-2H3,(H,23,25). The zero-order chi connectivity index (χ0) is 22.5. The van der Waals surface area contributed by atoms with Crippen LogP contribution in [0.15, 0.2) is 53.4 Å². The molecule has 0 radical (unpaired) electrons. The Bertz CT molecular complexity index is 1000. The van der Waals surface area contributed by atoms with E-state index in [0.717, 1.165) is 24.3 Å². The summed E-state index contributed by atoms with van der Waals surface area (Å²) in [6.45, 7) is 2.10. The predicted octanol–water partition coefficient (Wildman–Crippen LogP) is 3.42. The zero-order valence-corrected chi connectivity index (χ0v) is 16.9. The van der Waals surface area contributed by atoms with Crippen LogP contribution in [0, 0.1) is 0 Å². The third kappa shape index (κ3) is 5.72. The van der Waals surface area contributed by atoms with Crippen LogP contribution in [0.4, 0.5) is 24.5 Å². The van der Waals surface area contributed by atoms with Gasteiger partial charge in [-0.1, -0.05) is 0 Å². The normalized spacial score (nSPS) is 11.6. The van der Waals surface area contributed by atoms with E-state index in [9.17, 15) is 31.2 Å². The number of sulfonamides is 1. The number of hydrogen-bond acceptors (Lipinski definition) is 5. The highest BCUT2D eigenvalue weighted by Gasteiger charge is 2.32. The van der Waals surface area contributed by atoms with Crippen molar-refractivity contribution in [2.45, 2.75) is 24.9 Å². The van der Waals surface area contributed by atoms with Gasteiger partial charge in [-0.2, -0.15) is 13.2 Å². The average molecular weight is 444 g/mol. The first kappa shape index (κ1) is 23.2. The van der Waals surface area contributed by atoms with E-state index in [0.29, 0.717) is 9.99 Å². The Morgan fingerprint density at radius 1 is 1.03 bits per heavy atom. The molecule has 11 heteroatoms. The van der Waals surface area contributed by atoms with E-state index in [1.807, 2.05) is 0 Å². The number of carbonyl (C=O) groups is 2. The SMILES string of the molecule is CCOC(=O)CN(c1ccc(C(F)(F)F)cc1)S(=O)(=O)c1ccc(NC(C)=O)cc1. The van der Waals surface area contributed by atoms with Crippen molar-refractivity contribution in [3.05, 3.63) is 54.1 Å². The zero-order valence-electron chi connectivity index (χ0n) is 16.1. The van der Waals surface area contributed by atoms with Crippen molar-refractivity contribution in [2.24, 2.45) is 0 Å². The number of rotatable bonds is 7. The molecule has 1 N–H and O–H groups in total. The Balaban J connectivity index is 2.44. The highest BCUT2D eigenvalue weighted by atomic mass is 32.2. The third-order valence-electron chi connectivity index (χ3n) is 3.82. The molecule has 0 atom stereocenters. The van der Waals surface area contributed by atoms with Crippen molar-refractivity contribution in [2.75, 3.05) is 22.8 Å². The van der Waals surface area contributed by atoms with Gasteiger partial charge in [0.2, 0.25) is 5.91 Å². The van der Waals surface area contributed by atoms with Gasteiger partial charge in [0, 0.05) is 12.6 Å². The molecule has 0 saturated heterocycles. The number of anilines is 2. The van der Waals surface area contributed by atoms with E-state index < -0.39 is 34.3 Å². The molecule has 0 aliphatic carbocycles. The maximum absolute atomic E-state index is 13.1. The monoisotopic (exact) mass is 444 g/mol. The largest absolute Gasteiger partial charge is 0.465 e. The molecule has 2 aromatic carbocycles. The number of nitrogens with one attached hydrogen (secondary N) is 1. The second kappa shape index (κ2) is 9.16. The van der Waals surface area contributed by atoms with Crippen molar-refractivity contribution in [3.8, 4) is 0 Å². The topological polar surface area (TPSA) is 92.8 Å². The molecule has 7 nitrogen and oxygen atoms in total. The fourth-order valence-electron chi connectivity index (χ4n) is 2.50. The second-order valence-electron chi connectivity index (χ2n) is 6.07. The summed E-state index contributed by atoms with van der Waals surface area (Å²) in [7, 11) is -4.32. The van der Waals surface area contributed by atoms with Gasteiger partial charge in [0.05, 0.1) is 22.8 Å². The van der Waals surface area contributed by atoms with E-state index in [-0.39, 0.29) is 23.1 Å². The summed E-state index contributed by atoms with van der Waals surface area (Å²) in [6.07, 6.45) is -4.59. The minimum absolute atomic E-state index is 0.00510. The molecule has 0 unspecified atom stereocenters. The summed E-state index contributed by atoms with van der Waals surface area (Å²) in [5.41, 5.74) is -0.741. The molecule has 0 spiro atoms. The lowest BCUT2D eigenvalue weighted by Crippen LogP contribution is -2.36. The lowest BCUT2D eigenvalue weighted by Gasteiger charge is -2.24. The molecule has 2 aromatic rings. The number of nitrogens with zero attached hydrogens (tertiary/aromatic N) is 1. The first-order valence-corrected chi connectivity index (χ1v) is 10.1. The van der Waals surface area contributed by atoms with Crippen molar-refractivity contribution >= 4 is 33.3 Å². The van der Waals surface area contributed by atoms with Gasteiger partial charge < -0.3 is 10.1 Å². The van der Waals surface area contributed by atoms with Crippen LogP contribution in [0.3, 0.4) is 0 Å². The number of amides is 1. The van der Waals surface area contributed by atoms with Crippen LogP contribution < -0.4 is 9.62 Å². The summed E-state index contributed by atoms with van der Waals surface area (Å²) in [5.74, 6) is -1.21. The fraction of sp³-hybridized carbons (Fsp3) is 0.263. The van der Waals surface area contributed by atoms with E-state index in [2.05, 4.69) is 5.32 Å². The van der Waals surface area contributed by atoms with E-state index in [1.165, 1.54) is 38.1 Å². The van der Waals surface area contributed by atoms with Crippen molar-refractivity contribution in [1.82, 2.24) is 0 Å². The molecule has 1 amide bonds. The molecule has 0 aromatic heterocycles. The molecular formula is C19H19F3N2O5S. The van der Waals surface area contributed by atoms with Crippen molar-refractivity contribution in [1.29, 1.82) is 0 Å². The first-order chi connectivity index (χ1) is 13.9. The van der Waals surface area contributed by atoms with Crippen LogP contribution in [-0.2, 0) is 30.5 Å². The summed E-state index contributed by atoms with van der Waals surface area (Å²) in [5, 5.41) is 2.49. The van der Waals surface area contributed by atoms with Gasteiger partial charge in [0.25, 0.3) is 10.0 Å². The summed E-state index contributed by atoms with van der Waals surface area (Å²) < 4.78 is 70.1. The van der Waals surface area contributed by atoms with Gasteiger partial charge in [0.1, 0.15) is 6.54 Å². The Morgan fingerprint density at radius 2 is 1.60 bits per heavy atom. The highest BCUT2D eigenvalue weighted by Crippen LogP contribution is 2.32. The number of carbonyl (C=O) groups excluding carboxylic acids is 2. The molecule has 0 aliphatic rings. The summed E-state index contributed by atoms with van der Waals surface area (Å²) >= 11 is 0. The molecule has 0 aliphatic heterocycles. The number of alkyl halides is 3. The quantitative estimate of drug-likeness (QED) is 0.661. The van der Waals surface area contributed by atoms with E-state index in [1.54, 1.807) is 0 Å². The lowest BCUT2D eigenvalue weighted by molar-refractivity contribution is -0.141. The van der Waals surface area contributed by atoms with Crippen LogP contribution in [0.2, 0.25) is 0 Å². The van der Waals surface area contributed by atoms with Gasteiger partial charge in [-0.15, -0.1) is 0 Å². The number of halogens is 3. The van der Waals surface area contributed by atoms with Crippen LogP contribution in [0.25, 0.3) is 0 Å². The van der Waals surface area contributed by atoms with Crippen LogP contribution in [-0.4, -0.2) is 33.4 Å². The Kier molecular flexibility index (Phi) is 7.08. The van der Waals surface area contributed by atoms with E-state index in [4.69, 9.17) is 4.74 Å². The molecule has 0 heterocycles. The number of esters is 1. The van der Waals surface area contributed by atoms with Crippen LogP contribution in [0.5, 0.6) is 0 Å². The van der Waals surface area contributed by atoms with Gasteiger partial charge in [-0.25, -0.2) is 8.42 Å². The lowest BCUT2D eigenvalue weighted by atomic mass is 10.2. The second-order valence-corrected chi connectivity index (χ2v) is 7.93. The minimum Gasteiger partial charge on any atom is -0.465 e. The van der Waals surface area contributed by atoms with Gasteiger partial charge in [-0.05, 0) is 55.5 Å². The fourth-order valence-corrected chi connectivity index (χ4v) is 3.91. The number of hydrogen-bond donors (Lipinski definition) is 1.